The maximum atomic E-state index is 6.12. The van der Waals surface area contributed by atoms with Crippen molar-refractivity contribution in [1.82, 2.24) is 14.9 Å². The van der Waals surface area contributed by atoms with E-state index in [4.69, 9.17) is 16.3 Å². The van der Waals surface area contributed by atoms with Crippen LogP contribution in [0.2, 0.25) is 5.15 Å². The third-order valence-corrected chi connectivity index (χ3v) is 3.86. The van der Waals surface area contributed by atoms with Gasteiger partial charge in [0, 0.05) is 31.6 Å². The lowest BCUT2D eigenvalue weighted by molar-refractivity contribution is 0.0378. The molecule has 2 heterocycles. The molecule has 1 aromatic heterocycles. The average molecular weight is 299 g/mol. The molecule has 1 fully saturated rings. The quantitative estimate of drug-likeness (QED) is 0.644. The molecule has 0 saturated carbocycles. The Kier molecular flexibility index (Phi) is 6.01. The number of nitrogens with zero attached hydrogens (tertiary/aromatic N) is 3. The number of halogens is 1. The van der Waals surface area contributed by atoms with Gasteiger partial charge in [0.15, 0.2) is 0 Å². The summed E-state index contributed by atoms with van der Waals surface area (Å²) < 4.78 is 5.34. The second-order valence-corrected chi connectivity index (χ2v) is 5.35. The van der Waals surface area contributed by atoms with Gasteiger partial charge in [0.1, 0.15) is 16.8 Å². The van der Waals surface area contributed by atoms with Crippen LogP contribution in [0.1, 0.15) is 24.7 Å². The van der Waals surface area contributed by atoms with Crippen molar-refractivity contribution >= 4 is 17.4 Å². The second-order valence-electron chi connectivity index (χ2n) is 4.99. The fraction of sp³-hybridized carbons (Fsp3) is 0.714. The maximum Gasteiger partial charge on any atom is 0.137 e. The molecule has 0 radical (unpaired) electrons. The van der Waals surface area contributed by atoms with Crippen molar-refractivity contribution in [2.45, 2.75) is 26.7 Å². The molecule has 1 saturated heterocycles. The van der Waals surface area contributed by atoms with Gasteiger partial charge in [0.25, 0.3) is 0 Å². The molecule has 20 heavy (non-hydrogen) atoms. The molecular weight excluding hydrogens is 276 g/mol. The maximum absolute atomic E-state index is 6.12. The summed E-state index contributed by atoms with van der Waals surface area (Å²) in [4.78, 5) is 11.2. The van der Waals surface area contributed by atoms with Crippen LogP contribution in [-0.2, 0) is 11.2 Å². The Labute approximate surface area is 125 Å². The van der Waals surface area contributed by atoms with Crippen LogP contribution in [0.3, 0.4) is 0 Å². The van der Waals surface area contributed by atoms with E-state index in [1.54, 1.807) is 0 Å². The lowest BCUT2D eigenvalue weighted by Crippen LogP contribution is -2.37. The van der Waals surface area contributed by atoms with Crippen LogP contribution in [0, 0.1) is 6.92 Å². The number of anilines is 1. The average Bonchev–Trinajstić information content (AvgIpc) is 2.48. The van der Waals surface area contributed by atoms with Crippen LogP contribution in [0.15, 0.2) is 0 Å². The first-order valence-corrected chi connectivity index (χ1v) is 7.65. The zero-order chi connectivity index (χ0) is 14.4. The first kappa shape index (κ1) is 15.5. The number of ether oxygens (including phenoxy) is 1. The number of aryl methyl sites for hydroxylation is 1. The van der Waals surface area contributed by atoms with Crippen LogP contribution in [0.4, 0.5) is 5.82 Å². The highest BCUT2D eigenvalue weighted by Gasteiger charge is 2.10. The van der Waals surface area contributed by atoms with E-state index in [9.17, 15) is 0 Å². The summed E-state index contributed by atoms with van der Waals surface area (Å²) in [6.45, 7) is 9.76. The van der Waals surface area contributed by atoms with Crippen LogP contribution in [0.25, 0.3) is 0 Å². The molecule has 0 unspecified atom stereocenters. The van der Waals surface area contributed by atoms with Crippen LogP contribution >= 0.6 is 11.6 Å². The second kappa shape index (κ2) is 7.76. The molecule has 0 aliphatic carbocycles. The van der Waals surface area contributed by atoms with Crippen molar-refractivity contribution in [2.75, 3.05) is 44.7 Å². The highest BCUT2D eigenvalue weighted by atomic mass is 35.5. The molecule has 1 aliphatic heterocycles. The fourth-order valence-corrected chi connectivity index (χ4v) is 2.38. The van der Waals surface area contributed by atoms with Gasteiger partial charge in [-0.15, -0.1) is 0 Å². The minimum atomic E-state index is 0.549. The third kappa shape index (κ3) is 4.30. The van der Waals surface area contributed by atoms with Crippen LogP contribution in [-0.4, -0.2) is 54.3 Å². The van der Waals surface area contributed by atoms with Gasteiger partial charge < -0.3 is 10.1 Å². The lowest BCUT2D eigenvalue weighted by atomic mass is 10.3. The zero-order valence-corrected chi connectivity index (χ0v) is 13.0. The highest BCUT2D eigenvalue weighted by molar-refractivity contribution is 6.30. The molecule has 1 N–H and O–H groups in total. The Morgan fingerprint density at radius 2 is 2.05 bits per heavy atom. The predicted octanol–water partition coefficient (Wildman–Crippen LogP) is 2.14. The van der Waals surface area contributed by atoms with E-state index >= 15 is 0 Å². The molecule has 1 aromatic rings. The van der Waals surface area contributed by atoms with Gasteiger partial charge in [-0.05, 0) is 19.9 Å². The normalized spacial score (nSPS) is 16.4. The first-order chi connectivity index (χ1) is 9.70. The minimum Gasteiger partial charge on any atom is -0.379 e. The van der Waals surface area contributed by atoms with E-state index in [1.807, 2.05) is 13.8 Å². The Morgan fingerprint density at radius 1 is 1.30 bits per heavy atom. The summed E-state index contributed by atoms with van der Waals surface area (Å²) in [5, 5.41) is 3.92. The van der Waals surface area contributed by atoms with E-state index in [0.717, 1.165) is 69.4 Å². The fourth-order valence-electron chi connectivity index (χ4n) is 2.20. The molecule has 0 amide bonds. The van der Waals surface area contributed by atoms with Gasteiger partial charge >= 0.3 is 0 Å². The lowest BCUT2D eigenvalue weighted by Gasteiger charge is -2.26. The van der Waals surface area contributed by atoms with E-state index in [1.165, 1.54) is 0 Å². The SMILES string of the molecule is CCc1nc(Cl)c(C)c(NCCCN2CCOCC2)n1. The Balaban J connectivity index is 1.79. The Bertz CT molecular complexity index is 435. The number of aromatic nitrogens is 2. The Morgan fingerprint density at radius 3 is 2.75 bits per heavy atom. The number of hydrogen-bond acceptors (Lipinski definition) is 5. The molecule has 2 rings (SSSR count). The van der Waals surface area contributed by atoms with Crippen molar-refractivity contribution in [2.24, 2.45) is 0 Å². The minimum absolute atomic E-state index is 0.549. The monoisotopic (exact) mass is 298 g/mol. The van der Waals surface area contributed by atoms with Crippen LogP contribution < -0.4 is 5.32 Å². The molecule has 1 aliphatic rings. The summed E-state index contributed by atoms with van der Waals surface area (Å²) in [7, 11) is 0. The predicted molar refractivity (Wildman–Crippen MR) is 81.5 cm³/mol. The smallest absolute Gasteiger partial charge is 0.137 e. The summed E-state index contributed by atoms with van der Waals surface area (Å²) in [5.74, 6) is 1.65. The zero-order valence-electron chi connectivity index (χ0n) is 12.3. The molecule has 112 valence electrons. The largest absolute Gasteiger partial charge is 0.379 e. The molecular formula is C14H23ClN4O. The Hall–Kier alpha value is -0.910. The summed E-state index contributed by atoms with van der Waals surface area (Å²) in [5.41, 5.74) is 0.926. The van der Waals surface area contributed by atoms with Gasteiger partial charge in [-0.25, -0.2) is 9.97 Å². The van der Waals surface area contributed by atoms with Gasteiger partial charge in [0.2, 0.25) is 0 Å². The molecule has 0 aromatic carbocycles. The number of morpholine rings is 1. The van der Waals surface area contributed by atoms with Crippen molar-refractivity contribution < 1.29 is 4.74 Å². The van der Waals surface area contributed by atoms with Gasteiger partial charge in [-0.2, -0.15) is 0 Å². The summed E-state index contributed by atoms with van der Waals surface area (Å²) in [6.07, 6.45) is 1.88. The number of nitrogens with one attached hydrogen (secondary N) is 1. The number of hydrogen-bond donors (Lipinski definition) is 1. The first-order valence-electron chi connectivity index (χ1n) is 7.27. The molecule has 0 atom stereocenters. The van der Waals surface area contributed by atoms with Gasteiger partial charge in [0.05, 0.1) is 13.2 Å². The number of rotatable bonds is 6. The van der Waals surface area contributed by atoms with Gasteiger partial charge in [-0.3, -0.25) is 4.90 Å². The molecule has 0 spiro atoms. The topological polar surface area (TPSA) is 50.3 Å². The van der Waals surface area contributed by atoms with E-state index in [0.29, 0.717) is 5.15 Å². The molecule has 5 nitrogen and oxygen atoms in total. The highest BCUT2D eigenvalue weighted by Crippen LogP contribution is 2.19. The summed E-state index contributed by atoms with van der Waals surface area (Å²) in [6, 6.07) is 0. The standard InChI is InChI=1S/C14H23ClN4O/c1-3-12-17-13(15)11(2)14(18-12)16-5-4-6-19-7-9-20-10-8-19/h3-10H2,1-2H3,(H,16,17,18). The third-order valence-electron chi connectivity index (χ3n) is 3.50. The van der Waals surface area contributed by atoms with E-state index < -0.39 is 0 Å². The van der Waals surface area contributed by atoms with Gasteiger partial charge in [-0.1, -0.05) is 18.5 Å². The van der Waals surface area contributed by atoms with E-state index in [-0.39, 0.29) is 0 Å². The van der Waals surface area contributed by atoms with Crippen molar-refractivity contribution in [3.63, 3.8) is 0 Å². The van der Waals surface area contributed by atoms with Crippen molar-refractivity contribution in [3.05, 3.63) is 16.5 Å². The molecule has 0 bridgehead atoms. The van der Waals surface area contributed by atoms with Crippen molar-refractivity contribution in [1.29, 1.82) is 0 Å². The van der Waals surface area contributed by atoms with Crippen molar-refractivity contribution in [3.8, 4) is 0 Å². The summed E-state index contributed by atoms with van der Waals surface area (Å²) >= 11 is 6.12. The molecule has 6 heteroatoms. The van der Waals surface area contributed by atoms with E-state index in [2.05, 4.69) is 20.2 Å². The van der Waals surface area contributed by atoms with Crippen LogP contribution in [0.5, 0.6) is 0 Å².